The maximum atomic E-state index is 13.3. The van der Waals surface area contributed by atoms with Crippen molar-refractivity contribution in [2.75, 3.05) is 6.54 Å². The normalized spacial score (nSPS) is 17.3. The van der Waals surface area contributed by atoms with E-state index in [9.17, 15) is 9.59 Å². The molecule has 3 aromatic rings. The van der Waals surface area contributed by atoms with E-state index in [0.717, 1.165) is 24.0 Å². The Bertz CT molecular complexity index is 1060. The third-order valence-electron chi connectivity index (χ3n) is 5.52. The molecule has 29 heavy (non-hydrogen) atoms. The molecule has 1 aromatic carbocycles. The molecular formula is C23H24N4O2. The van der Waals surface area contributed by atoms with Crippen LogP contribution >= 0.6 is 0 Å². The van der Waals surface area contributed by atoms with Gasteiger partial charge in [-0.3, -0.25) is 14.6 Å². The number of carbonyl (C=O) groups excluding carboxylic acids is 1. The monoisotopic (exact) mass is 388 g/mol. The van der Waals surface area contributed by atoms with E-state index in [4.69, 9.17) is 0 Å². The van der Waals surface area contributed by atoms with Crippen molar-refractivity contribution < 1.29 is 4.79 Å². The summed E-state index contributed by atoms with van der Waals surface area (Å²) in [6.07, 6.45) is 5.04. The average Bonchev–Trinajstić information content (AvgIpc) is 3.23. The quantitative estimate of drug-likeness (QED) is 0.741. The fourth-order valence-electron chi connectivity index (χ4n) is 3.86. The minimum Gasteiger partial charge on any atom is -0.332 e. The molecule has 1 saturated heterocycles. The van der Waals surface area contributed by atoms with Crippen LogP contribution in [-0.2, 0) is 4.79 Å². The van der Waals surface area contributed by atoms with Gasteiger partial charge in [-0.2, -0.15) is 0 Å². The Morgan fingerprint density at radius 3 is 2.76 bits per heavy atom. The van der Waals surface area contributed by atoms with Crippen molar-refractivity contribution in [3.05, 3.63) is 82.2 Å². The van der Waals surface area contributed by atoms with E-state index in [2.05, 4.69) is 15.0 Å². The molecule has 1 N–H and O–H groups in total. The molecule has 2 aromatic heterocycles. The molecule has 1 aliphatic rings. The smallest absolute Gasteiger partial charge is 0.251 e. The lowest BCUT2D eigenvalue weighted by Crippen LogP contribution is -2.35. The Kier molecular flexibility index (Phi) is 5.25. The number of amides is 1. The third-order valence-corrected chi connectivity index (χ3v) is 5.52. The summed E-state index contributed by atoms with van der Waals surface area (Å²) in [6, 6.07) is 13.0. The van der Waals surface area contributed by atoms with Crippen molar-refractivity contribution in [3.63, 3.8) is 0 Å². The number of pyridine rings is 1. The molecule has 1 fully saturated rings. The van der Waals surface area contributed by atoms with Crippen molar-refractivity contribution in [2.45, 2.75) is 38.6 Å². The van der Waals surface area contributed by atoms with E-state index in [1.165, 1.54) is 11.6 Å². The summed E-state index contributed by atoms with van der Waals surface area (Å²) in [6.45, 7) is 4.63. The highest BCUT2D eigenvalue weighted by Crippen LogP contribution is 2.33. The van der Waals surface area contributed by atoms with E-state index in [-0.39, 0.29) is 23.4 Å². The molecule has 2 atom stereocenters. The van der Waals surface area contributed by atoms with Gasteiger partial charge < -0.3 is 9.88 Å². The standard InChI is InChI=1S/C23H24N4O2/c1-15-7-9-17(10-8-15)16(2)23(29)27-12-4-6-20(27)22-25-19(13-21(28)26-22)18-5-3-11-24-14-18/h3,5,7-11,13-14,16,20H,4,6,12H2,1-2H3,(H,25,26,28)/t16-,20+/m1/s1. The van der Waals surface area contributed by atoms with Gasteiger partial charge in [0.2, 0.25) is 5.91 Å². The fraction of sp³-hybridized carbons (Fsp3) is 0.304. The molecule has 148 valence electrons. The molecule has 6 heteroatoms. The first kappa shape index (κ1) is 19.1. The van der Waals surface area contributed by atoms with Crippen LogP contribution in [0.25, 0.3) is 11.3 Å². The Balaban J connectivity index is 1.63. The number of hydrogen-bond acceptors (Lipinski definition) is 4. The van der Waals surface area contributed by atoms with E-state index in [1.54, 1.807) is 12.4 Å². The number of nitrogens with one attached hydrogen (secondary N) is 1. The van der Waals surface area contributed by atoms with Gasteiger partial charge in [0.1, 0.15) is 5.82 Å². The number of benzene rings is 1. The average molecular weight is 388 g/mol. The van der Waals surface area contributed by atoms with Crippen molar-refractivity contribution >= 4 is 5.91 Å². The first-order chi connectivity index (χ1) is 14.0. The molecule has 0 saturated carbocycles. The van der Waals surface area contributed by atoms with E-state index in [1.807, 2.05) is 55.1 Å². The van der Waals surface area contributed by atoms with Crippen LogP contribution in [-0.4, -0.2) is 32.3 Å². The topological polar surface area (TPSA) is 79.0 Å². The summed E-state index contributed by atoms with van der Waals surface area (Å²) in [7, 11) is 0. The second-order valence-electron chi connectivity index (χ2n) is 7.58. The number of aromatic nitrogens is 3. The molecule has 3 heterocycles. The zero-order chi connectivity index (χ0) is 20.4. The number of hydrogen-bond donors (Lipinski definition) is 1. The molecule has 0 bridgehead atoms. The van der Waals surface area contributed by atoms with Crippen LogP contribution in [0.5, 0.6) is 0 Å². The van der Waals surface area contributed by atoms with Gasteiger partial charge in [-0.1, -0.05) is 29.8 Å². The van der Waals surface area contributed by atoms with Crippen molar-refractivity contribution in [1.82, 2.24) is 19.9 Å². The van der Waals surface area contributed by atoms with E-state index >= 15 is 0 Å². The van der Waals surface area contributed by atoms with Crippen LogP contribution in [0, 0.1) is 6.92 Å². The van der Waals surface area contributed by atoms with Crippen LogP contribution in [0.3, 0.4) is 0 Å². The minimum atomic E-state index is -0.246. The SMILES string of the molecule is Cc1ccc([C@@H](C)C(=O)N2CCC[C@H]2c2nc(-c3cccnc3)cc(=O)[nH]2)cc1. The van der Waals surface area contributed by atoms with Gasteiger partial charge in [-0.25, -0.2) is 4.98 Å². The van der Waals surface area contributed by atoms with Crippen molar-refractivity contribution in [2.24, 2.45) is 0 Å². The number of aromatic amines is 1. The third kappa shape index (κ3) is 3.97. The molecule has 4 rings (SSSR count). The highest BCUT2D eigenvalue weighted by Gasteiger charge is 2.34. The van der Waals surface area contributed by atoms with Gasteiger partial charge in [0.15, 0.2) is 0 Å². The molecule has 1 amide bonds. The van der Waals surface area contributed by atoms with E-state index in [0.29, 0.717) is 18.1 Å². The Labute approximate surface area is 169 Å². The molecule has 0 spiro atoms. The largest absolute Gasteiger partial charge is 0.332 e. The Morgan fingerprint density at radius 2 is 2.03 bits per heavy atom. The molecule has 0 unspecified atom stereocenters. The first-order valence-electron chi connectivity index (χ1n) is 9.91. The van der Waals surface area contributed by atoms with E-state index < -0.39 is 0 Å². The van der Waals surface area contributed by atoms with Gasteiger partial charge in [0.25, 0.3) is 5.56 Å². The number of likely N-dealkylation sites (tertiary alicyclic amines) is 1. The number of nitrogens with zero attached hydrogens (tertiary/aromatic N) is 3. The summed E-state index contributed by atoms with van der Waals surface area (Å²) in [5.74, 6) is 0.355. The lowest BCUT2D eigenvalue weighted by atomic mass is 9.98. The van der Waals surface area contributed by atoms with Crippen LogP contribution in [0.2, 0.25) is 0 Å². The van der Waals surface area contributed by atoms with Crippen LogP contribution in [0.1, 0.15) is 48.7 Å². The van der Waals surface area contributed by atoms with Gasteiger partial charge in [0.05, 0.1) is 17.7 Å². The summed E-state index contributed by atoms with van der Waals surface area (Å²) in [4.78, 5) is 39.0. The van der Waals surface area contributed by atoms with Crippen LogP contribution < -0.4 is 5.56 Å². The highest BCUT2D eigenvalue weighted by molar-refractivity contribution is 5.84. The van der Waals surface area contributed by atoms with Gasteiger partial charge in [0, 0.05) is 30.6 Å². The number of aryl methyl sites for hydroxylation is 1. The van der Waals surface area contributed by atoms with Crippen molar-refractivity contribution in [3.8, 4) is 11.3 Å². The maximum Gasteiger partial charge on any atom is 0.251 e. The number of carbonyl (C=O) groups is 1. The minimum absolute atomic E-state index is 0.0609. The van der Waals surface area contributed by atoms with Crippen LogP contribution in [0.4, 0.5) is 0 Å². The first-order valence-corrected chi connectivity index (χ1v) is 9.91. The predicted molar refractivity (Wildman–Crippen MR) is 111 cm³/mol. The summed E-state index contributed by atoms with van der Waals surface area (Å²) < 4.78 is 0. The van der Waals surface area contributed by atoms with Gasteiger partial charge >= 0.3 is 0 Å². The molecule has 1 aliphatic heterocycles. The summed E-state index contributed by atoms with van der Waals surface area (Å²) in [5.41, 5.74) is 3.30. The zero-order valence-corrected chi connectivity index (χ0v) is 16.6. The van der Waals surface area contributed by atoms with Gasteiger partial charge in [-0.05, 0) is 44.4 Å². The van der Waals surface area contributed by atoms with Crippen LogP contribution in [0.15, 0.2) is 59.7 Å². The molecular weight excluding hydrogens is 364 g/mol. The van der Waals surface area contributed by atoms with Crippen molar-refractivity contribution in [1.29, 1.82) is 0 Å². The lowest BCUT2D eigenvalue weighted by Gasteiger charge is -2.27. The van der Waals surface area contributed by atoms with Gasteiger partial charge in [-0.15, -0.1) is 0 Å². The molecule has 0 aliphatic carbocycles. The number of rotatable bonds is 4. The zero-order valence-electron chi connectivity index (χ0n) is 16.6. The molecule has 6 nitrogen and oxygen atoms in total. The molecule has 0 radical (unpaired) electrons. The lowest BCUT2D eigenvalue weighted by molar-refractivity contribution is -0.133. The Hall–Kier alpha value is -3.28. The Morgan fingerprint density at radius 1 is 1.24 bits per heavy atom. The number of H-pyrrole nitrogens is 1. The fourth-order valence-corrected chi connectivity index (χ4v) is 3.86. The highest BCUT2D eigenvalue weighted by atomic mass is 16.2. The summed E-state index contributed by atoms with van der Waals surface area (Å²) >= 11 is 0. The summed E-state index contributed by atoms with van der Waals surface area (Å²) in [5, 5.41) is 0. The second-order valence-corrected chi connectivity index (χ2v) is 7.58. The second kappa shape index (κ2) is 7.99. The maximum absolute atomic E-state index is 13.3. The predicted octanol–water partition coefficient (Wildman–Crippen LogP) is 3.61.